The standard InChI is InChI=1S/C8H11NO2S/c9-4-8(12)5-1-2-6(10)7(11)3-5/h1-3,8,10-12H,4,9H2. The lowest BCUT2D eigenvalue weighted by Gasteiger charge is -2.08. The molecular weight excluding hydrogens is 174 g/mol. The minimum Gasteiger partial charge on any atom is -0.504 e. The number of nitrogens with two attached hydrogens (primary N) is 1. The molecule has 0 aliphatic rings. The zero-order chi connectivity index (χ0) is 9.14. The van der Waals surface area contributed by atoms with Gasteiger partial charge in [0.05, 0.1) is 0 Å². The van der Waals surface area contributed by atoms with Crippen LogP contribution in [0.3, 0.4) is 0 Å². The summed E-state index contributed by atoms with van der Waals surface area (Å²) in [6.45, 7) is 0.396. The van der Waals surface area contributed by atoms with Crippen LogP contribution in [0.25, 0.3) is 0 Å². The second-order valence-corrected chi connectivity index (χ2v) is 3.12. The fourth-order valence-corrected chi connectivity index (χ4v) is 1.04. The minimum atomic E-state index is -0.139. The van der Waals surface area contributed by atoms with Crippen LogP contribution in [-0.2, 0) is 0 Å². The third kappa shape index (κ3) is 1.84. The molecule has 1 aromatic carbocycles. The van der Waals surface area contributed by atoms with Crippen molar-refractivity contribution >= 4 is 12.6 Å². The fraction of sp³-hybridized carbons (Fsp3) is 0.250. The Hall–Kier alpha value is -0.870. The summed E-state index contributed by atoms with van der Waals surface area (Å²) in [5, 5.41) is 18.0. The van der Waals surface area contributed by atoms with Crippen LogP contribution in [0, 0.1) is 0 Å². The second-order valence-electron chi connectivity index (χ2n) is 2.50. The van der Waals surface area contributed by atoms with E-state index in [2.05, 4.69) is 12.6 Å². The molecule has 0 spiro atoms. The molecule has 0 saturated carbocycles. The van der Waals surface area contributed by atoms with Gasteiger partial charge in [-0.15, -0.1) is 0 Å². The van der Waals surface area contributed by atoms with Gasteiger partial charge in [0, 0.05) is 11.8 Å². The Morgan fingerprint density at radius 3 is 2.50 bits per heavy atom. The van der Waals surface area contributed by atoms with Crippen LogP contribution in [0.4, 0.5) is 0 Å². The predicted octanol–water partition coefficient (Wildman–Crippen LogP) is 1.03. The lowest BCUT2D eigenvalue weighted by molar-refractivity contribution is 0.403. The van der Waals surface area contributed by atoms with Crippen molar-refractivity contribution in [2.24, 2.45) is 5.73 Å². The van der Waals surface area contributed by atoms with Crippen LogP contribution in [-0.4, -0.2) is 16.8 Å². The number of rotatable bonds is 2. The summed E-state index contributed by atoms with van der Waals surface area (Å²) >= 11 is 4.18. The number of hydrogen-bond donors (Lipinski definition) is 4. The third-order valence-electron chi connectivity index (χ3n) is 1.61. The van der Waals surface area contributed by atoms with Gasteiger partial charge >= 0.3 is 0 Å². The van der Waals surface area contributed by atoms with Gasteiger partial charge in [-0.2, -0.15) is 12.6 Å². The number of aromatic hydroxyl groups is 2. The minimum absolute atomic E-state index is 0.100. The van der Waals surface area contributed by atoms with Crippen molar-refractivity contribution in [3.63, 3.8) is 0 Å². The first-order valence-electron chi connectivity index (χ1n) is 3.55. The van der Waals surface area contributed by atoms with E-state index < -0.39 is 0 Å². The molecule has 66 valence electrons. The second kappa shape index (κ2) is 3.69. The van der Waals surface area contributed by atoms with Crippen LogP contribution in [0.2, 0.25) is 0 Å². The molecule has 0 bridgehead atoms. The molecule has 0 saturated heterocycles. The van der Waals surface area contributed by atoms with Crippen LogP contribution in [0.5, 0.6) is 11.5 Å². The Labute approximate surface area is 76.2 Å². The van der Waals surface area contributed by atoms with E-state index in [1.807, 2.05) is 0 Å². The Kier molecular flexibility index (Phi) is 2.83. The monoisotopic (exact) mass is 185 g/mol. The summed E-state index contributed by atoms with van der Waals surface area (Å²) in [7, 11) is 0. The van der Waals surface area contributed by atoms with Crippen molar-refractivity contribution in [1.29, 1.82) is 0 Å². The Balaban J connectivity index is 2.96. The SMILES string of the molecule is NCC(S)c1ccc(O)c(O)c1. The van der Waals surface area contributed by atoms with Gasteiger partial charge in [-0.25, -0.2) is 0 Å². The molecule has 4 heteroatoms. The summed E-state index contributed by atoms with van der Waals surface area (Å²) in [6.07, 6.45) is 0. The molecule has 1 unspecified atom stereocenters. The summed E-state index contributed by atoms with van der Waals surface area (Å²) < 4.78 is 0. The number of phenols is 2. The van der Waals surface area contributed by atoms with E-state index in [9.17, 15) is 0 Å². The molecule has 0 amide bonds. The molecule has 0 aromatic heterocycles. The maximum Gasteiger partial charge on any atom is 0.157 e. The quantitative estimate of drug-likeness (QED) is 0.411. The number of phenolic OH excluding ortho intramolecular Hbond substituents is 2. The molecule has 0 aliphatic heterocycles. The summed E-state index contributed by atoms with van der Waals surface area (Å²) in [5.74, 6) is -0.267. The van der Waals surface area contributed by atoms with E-state index >= 15 is 0 Å². The number of thiol groups is 1. The molecule has 1 rings (SSSR count). The Morgan fingerprint density at radius 2 is 2.00 bits per heavy atom. The van der Waals surface area contributed by atoms with Crippen molar-refractivity contribution in [2.75, 3.05) is 6.54 Å². The molecular formula is C8H11NO2S. The first-order valence-corrected chi connectivity index (χ1v) is 4.07. The third-order valence-corrected chi connectivity index (χ3v) is 2.12. The zero-order valence-corrected chi connectivity index (χ0v) is 7.33. The van der Waals surface area contributed by atoms with E-state index in [-0.39, 0.29) is 16.7 Å². The molecule has 1 atom stereocenters. The van der Waals surface area contributed by atoms with Gasteiger partial charge in [0.25, 0.3) is 0 Å². The van der Waals surface area contributed by atoms with Gasteiger partial charge in [-0.1, -0.05) is 6.07 Å². The average Bonchev–Trinajstić information content (AvgIpc) is 2.08. The highest BCUT2D eigenvalue weighted by Gasteiger charge is 2.06. The molecule has 0 radical (unpaired) electrons. The van der Waals surface area contributed by atoms with E-state index in [0.717, 1.165) is 5.56 Å². The van der Waals surface area contributed by atoms with E-state index in [1.54, 1.807) is 6.07 Å². The molecule has 3 nitrogen and oxygen atoms in total. The first-order chi connectivity index (χ1) is 5.65. The highest BCUT2D eigenvalue weighted by molar-refractivity contribution is 7.80. The van der Waals surface area contributed by atoms with Gasteiger partial charge in [-0.3, -0.25) is 0 Å². The summed E-state index contributed by atoms with van der Waals surface area (Å²) in [5.41, 5.74) is 6.17. The average molecular weight is 185 g/mol. The van der Waals surface area contributed by atoms with Crippen molar-refractivity contribution in [3.05, 3.63) is 23.8 Å². The van der Waals surface area contributed by atoms with Gasteiger partial charge in [-0.05, 0) is 17.7 Å². The van der Waals surface area contributed by atoms with Crippen molar-refractivity contribution in [2.45, 2.75) is 5.25 Å². The molecule has 4 N–H and O–H groups in total. The lowest BCUT2D eigenvalue weighted by atomic mass is 10.1. The maximum atomic E-state index is 9.12. The highest BCUT2D eigenvalue weighted by Crippen LogP contribution is 2.29. The lowest BCUT2D eigenvalue weighted by Crippen LogP contribution is -2.06. The Morgan fingerprint density at radius 1 is 1.33 bits per heavy atom. The predicted molar refractivity (Wildman–Crippen MR) is 50.6 cm³/mol. The first kappa shape index (κ1) is 9.22. The highest BCUT2D eigenvalue weighted by atomic mass is 32.1. The molecule has 12 heavy (non-hydrogen) atoms. The van der Waals surface area contributed by atoms with Gasteiger partial charge < -0.3 is 15.9 Å². The van der Waals surface area contributed by atoms with E-state index in [4.69, 9.17) is 15.9 Å². The van der Waals surface area contributed by atoms with Gasteiger partial charge in [0.15, 0.2) is 11.5 Å². The van der Waals surface area contributed by atoms with Gasteiger partial charge in [0.2, 0.25) is 0 Å². The summed E-state index contributed by atoms with van der Waals surface area (Å²) in [6, 6.07) is 4.56. The smallest absolute Gasteiger partial charge is 0.157 e. The number of benzene rings is 1. The van der Waals surface area contributed by atoms with Crippen LogP contribution < -0.4 is 5.73 Å². The topological polar surface area (TPSA) is 66.5 Å². The Bertz CT molecular complexity index is 278. The van der Waals surface area contributed by atoms with Gasteiger partial charge in [0.1, 0.15) is 0 Å². The van der Waals surface area contributed by atoms with E-state index in [0.29, 0.717) is 6.54 Å². The van der Waals surface area contributed by atoms with Crippen molar-refractivity contribution in [1.82, 2.24) is 0 Å². The van der Waals surface area contributed by atoms with Crippen LogP contribution in [0.15, 0.2) is 18.2 Å². The van der Waals surface area contributed by atoms with Crippen LogP contribution in [0.1, 0.15) is 10.8 Å². The molecule has 0 heterocycles. The normalized spacial score (nSPS) is 12.8. The van der Waals surface area contributed by atoms with E-state index in [1.165, 1.54) is 12.1 Å². The fourth-order valence-electron chi connectivity index (χ4n) is 0.884. The summed E-state index contributed by atoms with van der Waals surface area (Å²) in [4.78, 5) is 0. The largest absolute Gasteiger partial charge is 0.504 e. The molecule has 0 aliphatic carbocycles. The zero-order valence-electron chi connectivity index (χ0n) is 6.44. The number of hydrogen-bond acceptors (Lipinski definition) is 4. The molecule has 1 aromatic rings. The molecule has 0 fully saturated rings. The van der Waals surface area contributed by atoms with Crippen LogP contribution >= 0.6 is 12.6 Å². The maximum absolute atomic E-state index is 9.12. The van der Waals surface area contributed by atoms with Crippen molar-refractivity contribution in [3.8, 4) is 11.5 Å². The van der Waals surface area contributed by atoms with Crippen molar-refractivity contribution < 1.29 is 10.2 Å².